The molecular weight excluding hydrogens is 223 g/mol. The molecular formula is C13H17FO3. The topological polar surface area (TPSA) is 46.5 Å². The number of alkyl halides is 1. The Morgan fingerprint density at radius 3 is 2.59 bits per heavy atom. The van der Waals surface area contributed by atoms with E-state index in [2.05, 4.69) is 0 Å². The first-order chi connectivity index (χ1) is 7.88. The van der Waals surface area contributed by atoms with Crippen LogP contribution in [0.5, 0.6) is 0 Å². The quantitative estimate of drug-likeness (QED) is 0.822. The standard InChI is InChI=1S/C13H17FO3/c1-4-17-12(16)11(15)9-7-5-6-8-10(9)13(2,3)14/h5-8,11,15H,4H2,1-3H3. The van der Waals surface area contributed by atoms with Crippen LogP contribution in [0, 0.1) is 0 Å². The molecule has 0 amide bonds. The van der Waals surface area contributed by atoms with Gasteiger partial charge in [0.1, 0.15) is 5.67 Å². The van der Waals surface area contributed by atoms with Gasteiger partial charge in [-0.25, -0.2) is 9.18 Å². The summed E-state index contributed by atoms with van der Waals surface area (Å²) in [7, 11) is 0. The number of benzene rings is 1. The molecule has 94 valence electrons. The van der Waals surface area contributed by atoms with E-state index in [4.69, 9.17) is 4.74 Å². The zero-order chi connectivity index (χ0) is 13.1. The first-order valence-electron chi connectivity index (χ1n) is 5.51. The average Bonchev–Trinajstić information content (AvgIpc) is 2.27. The highest BCUT2D eigenvalue weighted by Crippen LogP contribution is 2.31. The largest absolute Gasteiger partial charge is 0.464 e. The summed E-state index contributed by atoms with van der Waals surface area (Å²) in [5.74, 6) is -0.760. The molecule has 17 heavy (non-hydrogen) atoms. The fourth-order valence-electron chi connectivity index (χ4n) is 1.63. The number of carbonyl (C=O) groups excluding carboxylic acids is 1. The number of aliphatic hydroxyl groups excluding tert-OH is 1. The van der Waals surface area contributed by atoms with Gasteiger partial charge in [-0.15, -0.1) is 0 Å². The van der Waals surface area contributed by atoms with Crippen LogP contribution in [0.25, 0.3) is 0 Å². The van der Waals surface area contributed by atoms with E-state index in [-0.39, 0.29) is 12.2 Å². The molecule has 0 fully saturated rings. The molecule has 0 bridgehead atoms. The minimum Gasteiger partial charge on any atom is -0.464 e. The van der Waals surface area contributed by atoms with Crippen molar-refractivity contribution in [2.75, 3.05) is 6.61 Å². The van der Waals surface area contributed by atoms with E-state index < -0.39 is 17.7 Å². The van der Waals surface area contributed by atoms with Crippen molar-refractivity contribution in [2.45, 2.75) is 32.5 Å². The summed E-state index contributed by atoms with van der Waals surface area (Å²) < 4.78 is 18.6. The zero-order valence-corrected chi connectivity index (χ0v) is 10.2. The van der Waals surface area contributed by atoms with Gasteiger partial charge in [0.25, 0.3) is 0 Å². The van der Waals surface area contributed by atoms with Crippen molar-refractivity contribution in [1.29, 1.82) is 0 Å². The Labute approximate surface area is 100 Å². The molecule has 1 aromatic rings. The maximum Gasteiger partial charge on any atom is 0.339 e. The SMILES string of the molecule is CCOC(=O)C(O)c1ccccc1C(C)(C)F. The van der Waals surface area contributed by atoms with Gasteiger partial charge in [-0.3, -0.25) is 0 Å². The van der Waals surface area contributed by atoms with Gasteiger partial charge in [0, 0.05) is 0 Å². The molecule has 0 aliphatic rings. The van der Waals surface area contributed by atoms with Crippen LogP contribution in [0.4, 0.5) is 4.39 Å². The van der Waals surface area contributed by atoms with Gasteiger partial charge >= 0.3 is 5.97 Å². The number of halogens is 1. The van der Waals surface area contributed by atoms with Crippen LogP contribution in [-0.4, -0.2) is 17.7 Å². The van der Waals surface area contributed by atoms with E-state index in [0.717, 1.165) is 0 Å². The van der Waals surface area contributed by atoms with Crippen molar-refractivity contribution in [3.8, 4) is 0 Å². The van der Waals surface area contributed by atoms with E-state index in [9.17, 15) is 14.3 Å². The summed E-state index contributed by atoms with van der Waals surface area (Å²) in [6, 6.07) is 6.39. The molecule has 0 aliphatic carbocycles. The van der Waals surface area contributed by atoms with Crippen LogP contribution in [-0.2, 0) is 15.2 Å². The zero-order valence-electron chi connectivity index (χ0n) is 10.2. The van der Waals surface area contributed by atoms with Crippen LogP contribution in [0.3, 0.4) is 0 Å². The maximum absolute atomic E-state index is 13.9. The predicted octanol–water partition coefficient (Wildman–Crippen LogP) is 2.49. The third-order valence-electron chi connectivity index (χ3n) is 2.41. The van der Waals surface area contributed by atoms with Gasteiger partial charge < -0.3 is 9.84 Å². The number of carbonyl (C=O) groups is 1. The van der Waals surface area contributed by atoms with Crippen molar-refractivity contribution in [2.24, 2.45) is 0 Å². The number of hydrogen-bond acceptors (Lipinski definition) is 3. The number of esters is 1. The Hall–Kier alpha value is -1.42. The van der Waals surface area contributed by atoms with E-state index in [1.54, 1.807) is 25.1 Å². The number of rotatable bonds is 4. The van der Waals surface area contributed by atoms with Crippen LogP contribution in [0.15, 0.2) is 24.3 Å². The Kier molecular flexibility index (Phi) is 4.23. The number of hydrogen-bond donors (Lipinski definition) is 1. The summed E-state index contributed by atoms with van der Waals surface area (Å²) in [5, 5.41) is 9.82. The maximum atomic E-state index is 13.9. The van der Waals surface area contributed by atoms with Gasteiger partial charge in [-0.05, 0) is 31.9 Å². The molecule has 1 N–H and O–H groups in total. The smallest absolute Gasteiger partial charge is 0.339 e. The van der Waals surface area contributed by atoms with Crippen LogP contribution in [0.2, 0.25) is 0 Å². The molecule has 0 aromatic heterocycles. The number of aliphatic hydroxyl groups is 1. The minimum absolute atomic E-state index is 0.178. The van der Waals surface area contributed by atoms with Crippen molar-refractivity contribution < 1.29 is 19.0 Å². The lowest BCUT2D eigenvalue weighted by atomic mass is 9.92. The summed E-state index contributed by atoms with van der Waals surface area (Å²) in [6.07, 6.45) is -1.44. The normalized spacial score (nSPS) is 13.2. The van der Waals surface area contributed by atoms with Crippen LogP contribution < -0.4 is 0 Å². The lowest BCUT2D eigenvalue weighted by Crippen LogP contribution is -2.20. The highest BCUT2D eigenvalue weighted by molar-refractivity contribution is 5.76. The molecule has 0 heterocycles. The fraction of sp³-hybridized carbons (Fsp3) is 0.462. The van der Waals surface area contributed by atoms with Crippen molar-refractivity contribution >= 4 is 5.97 Å². The number of ether oxygens (including phenoxy) is 1. The Balaban J connectivity index is 3.09. The molecule has 1 unspecified atom stereocenters. The monoisotopic (exact) mass is 240 g/mol. The lowest BCUT2D eigenvalue weighted by Gasteiger charge is -2.21. The molecule has 0 saturated heterocycles. The molecule has 0 spiro atoms. The van der Waals surface area contributed by atoms with Crippen LogP contribution >= 0.6 is 0 Å². The highest BCUT2D eigenvalue weighted by atomic mass is 19.1. The summed E-state index contributed by atoms with van der Waals surface area (Å²) in [5.41, 5.74) is -1.08. The van der Waals surface area contributed by atoms with E-state index in [1.807, 2.05) is 0 Å². The summed E-state index contributed by atoms with van der Waals surface area (Å²) >= 11 is 0. The van der Waals surface area contributed by atoms with E-state index >= 15 is 0 Å². The molecule has 3 nitrogen and oxygen atoms in total. The van der Waals surface area contributed by atoms with Crippen molar-refractivity contribution in [3.63, 3.8) is 0 Å². The third kappa shape index (κ3) is 3.27. The first-order valence-corrected chi connectivity index (χ1v) is 5.51. The lowest BCUT2D eigenvalue weighted by molar-refractivity contribution is -0.153. The molecule has 1 aromatic carbocycles. The predicted molar refractivity (Wildman–Crippen MR) is 62.2 cm³/mol. The molecule has 1 atom stereocenters. The van der Waals surface area contributed by atoms with Crippen molar-refractivity contribution in [3.05, 3.63) is 35.4 Å². The first kappa shape index (κ1) is 13.6. The Morgan fingerprint density at radius 1 is 1.47 bits per heavy atom. The van der Waals surface area contributed by atoms with Gasteiger partial charge in [-0.1, -0.05) is 24.3 Å². The fourth-order valence-corrected chi connectivity index (χ4v) is 1.63. The minimum atomic E-state index is -1.62. The van der Waals surface area contributed by atoms with Gasteiger partial charge in [0.05, 0.1) is 6.61 Å². The van der Waals surface area contributed by atoms with Crippen LogP contribution in [0.1, 0.15) is 38.0 Å². The molecule has 1 rings (SSSR count). The highest BCUT2D eigenvalue weighted by Gasteiger charge is 2.28. The second kappa shape index (κ2) is 5.27. The molecule has 0 radical (unpaired) electrons. The van der Waals surface area contributed by atoms with E-state index in [0.29, 0.717) is 5.56 Å². The average molecular weight is 240 g/mol. The Morgan fingerprint density at radius 2 is 2.06 bits per heavy atom. The molecule has 0 saturated carbocycles. The summed E-state index contributed by atoms with van der Waals surface area (Å²) in [6.45, 7) is 4.58. The molecule has 4 heteroatoms. The van der Waals surface area contributed by atoms with Gasteiger partial charge in [0.2, 0.25) is 0 Å². The summed E-state index contributed by atoms with van der Waals surface area (Å²) in [4.78, 5) is 11.4. The second-order valence-electron chi connectivity index (χ2n) is 4.21. The molecule has 0 aliphatic heterocycles. The van der Waals surface area contributed by atoms with E-state index in [1.165, 1.54) is 19.9 Å². The Bertz CT molecular complexity index is 396. The van der Waals surface area contributed by atoms with Crippen molar-refractivity contribution in [1.82, 2.24) is 0 Å². The van der Waals surface area contributed by atoms with Gasteiger partial charge in [-0.2, -0.15) is 0 Å². The van der Waals surface area contributed by atoms with Gasteiger partial charge in [0.15, 0.2) is 6.10 Å². The third-order valence-corrected chi connectivity index (χ3v) is 2.41. The second-order valence-corrected chi connectivity index (χ2v) is 4.21.